The fraction of sp³-hybridized carbons (Fsp3) is 0.320. The molecule has 7 nitrogen and oxygen atoms in total. The van der Waals surface area contributed by atoms with E-state index in [2.05, 4.69) is 16.4 Å². The largest absolute Gasteiger partial charge is 0.304 e. The number of nitrogens with zero attached hydrogens (tertiary/aromatic N) is 4. The van der Waals surface area contributed by atoms with Crippen LogP contribution in [0.15, 0.2) is 65.2 Å². The minimum atomic E-state index is -0.478. The Morgan fingerprint density at radius 3 is 2.35 bits per heavy atom. The van der Waals surface area contributed by atoms with E-state index >= 15 is 0 Å². The zero-order valence-corrected chi connectivity index (χ0v) is 20.9. The lowest BCUT2D eigenvalue weighted by atomic mass is 10.1. The zero-order valence-electron chi connectivity index (χ0n) is 19.2. The number of thioether (sulfide) groups is 1. The summed E-state index contributed by atoms with van der Waals surface area (Å²) in [5.74, 6) is -0.601. The lowest BCUT2D eigenvalue weighted by molar-refractivity contribution is -0.122. The third-order valence-corrected chi connectivity index (χ3v) is 7.09. The molecule has 0 saturated carbocycles. The first-order chi connectivity index (χ1) is 16.0. The van der Waals surface area contributed by atoms with E-state index in [-0.39, 0.29) is 23.9 Å². The summed E-state index contributed by atoms with van der Waals surface area (Å²) >= 11 is 1.29. The van der Waals surface area contributed by atoms with Crippen molar-refractivity contribution in [2.45, 2.75) is 18.6 Å². The van der Waals surface area contributed by atoms with Gasteiger partial charge in [0.15, 0.2) is 0 Å². The van der Waals surface area contributed by atoms with Gasteiger partial charge >= 0.3 is 0 Å². The zero-order chi connectivity index (χ0) is 23.4. The number of nitriles is 1. The Morgan fingerprint density at radius 1 is 1.09 bits per heavy atom. The summed E-state index contributed by atoms with van der Waals surface area (Å²) in [5, 5.41) is 11.7. The van der Waals surface area contributed by atoms with Gasteiger partial charge in [0.2, 0.25) is 5.91 Å². The van der Waals surface area contributed by atoms with Crippen molar-refractivity contribution in [2.75, 3.05) is 38.1 Å². The molecule has 2 aromatic rings. The number of piperazine rings is 1. The first-order valence-electron chi connectivity index (χ1n) is 11.0. The number of hydrazine groups is 1. The van der Waals surface area contributed by atoms with Crippen LogP contribution in [0.5, 0.6) is 0 Å². The lowest BCUT2D eigenvalue weighted by Crippen LogP contribution is -2.53. The van der Waals surface area contributed by atoms with Gasteiger partial charge in [0.25, 0.3) is 5.91 Å². The van der Waals surface area contributed by atoms with Gasteiger partial charge in [0, 0.05) is 31.9 Å². The monoisotopic (exact) mass is 497 g/mol. The van der Waals surface area contributed by atoms with Gasteiger partial charge in [-0.15, -0.1) is 12.4 Å². The van der Waals surface area contributed by atoms with E-state index in [0.29, 0.717) is 30.2 Å². The topological polar surface area (TPSA) is 79.7 Å². The number of carbonyl (C=O) groups excluding carboxylic acids is 2. The number of rotatable bonds is 5. The molecular formula is C25H28ClN5O2S. The normalized spacial score (nSPS) is 20.4. The average molecular weight is 498 g/mol. The molecule has 0 spiro atoms. The molecule has 1 N–H and O–H groups in total. The molecule has 2 aliphatic heterocycles. The van der Waals surface area contributed by atoms with Gasteiger partial charge in [-0.05, 0) is 38.1 Å². The number of hydrogen-bond acceptors (Lipinski definition) is 6. The average Bonchev–Trinajstić information content (AvgIpc) is 3.13. The number of amides is 2. The standard InChI is InChI=1S/C25H27N5O2S.ClH/c1-18-8-10-19(11-9-18)16-22-24(32)30(20-6-4-3-5-7-20)25(33-22)21(17-26)23(31)27-29-14-12-28(2)13-15-29;/h3-11,22H,12-16H2,1-2H3,(H,27,31);1H. The van der Waals surface area contributed by atoms with Crippen LogP contribution < -0.4 is 10.3 Å². The summed E-state index contributed by atoms with van der Waals surface area (Å²) in [4.78, 5) is 30.3. The van der Waals surface area contributed by atoms with Crippen molar-refractivity contribution in [3.63, 3.8) is 0 Å². The van der Waals surface area contributed by atoms with Crippen LogP contribution in [0.4, 0.5) is 5.69 Å². The van der Waals surface area contributed by atoms with Gasteiger partial charge in [-0.2, -0.15) is 5.26 Å². The quantitative estimate of drug-likeness (QED) is 0.505. The van der Waals surface area contributed by atoms with Crippen LogP contribution in [0, 0.1) is 18.3 Å². The first-order valence-corrected chi connectivity index (χ1v) is 11.8. The van der Waals surface area contributed by atoms with Gasteiger partial charge < -0.3 is 4.90 Å². The summed E-state index contributed by atoms with van der Waals surface area (Å²) < 4.78 is 0. The molecule has 2 aliphatic rings. The highest BCUT2D eigenvalue weighted by Gasteiger charge is 2.41. The molecule has 2 amide bonds. The molecule has 178 valence electrons. The number of aryl methyl sites for hydroxylation is 1. The second-order valence-corrected chi connectivity index (χ2v) is 9.52. The molecule has 4 rings (SSSR count). The van der Waals surface area contributed by atoms with E-state index in [4.69, 9.17) is 0 Å². The number of halogens is 1. The van der Waals surface area contributed by atoms with Gasteiger partial charge in [-0.25, -0.2) is 5.01 Å². The summed E-state index contributed by atoms with van der Waals surface area (Å²) in [6, 6.07) is 19.3. The number of hydrogen-bond donors (Lipinski definition) is 1. The highest BCUT2D eigenvalue weighted by molar-refractivity contribution is 8.05. The number of para-hydroxylation sites is 1. The van der Waals surface area contributed by atoms with Crippen LogP contribution >= 0.6 is 24.2 Å². The van der Waals surface area contributed by atoms with Crippen LogP contribution in [-0.2, 0) is 16.0 Å². The molecule has 1 unspecified atom stereocenters. The van der Waals surface area contributed by atoms with Crippen LogP contribution in [0.25, 0.3) is 0 Å². The summed E-state index contributed by atoms with van der Waals surface area (Å²) in [6.45, 7) is 5.05. The van der Waals surface area contributed by atoms with Gasteiger partial charge in [0.05, 0.1) is 5.25 Å². The molecule has 2 fully saturated rings. The van der Waals surface area contributed by atoms with E-state index in [1.54, 1.807) is 0 Å². The van der Waals surface area contributed by atoms with Crippen molar-refractivity contribution in [2.24, 2.45) is 0 Å². The fourth-order valence-corrected chi connectivity index (χ4v) is 5.16. The Kier molecular flexibility index (Phi) is 8.75. The first kappa shape index (κ1) is 25.8. The predicted octanol–water partition coefficient (Wildman–Crippen LogP) is 3.12. The minimum Gasteiger partial charge on any atom is -0.304 e. The van der Waals surface area contributed by atoms with Crippen LogP contribution in [-0.4, -0.2) is 60.2 Å². The predicted molar refractivity (Wildman–Crippen MR) is 137 cm³/mol. The molecule has 2 heterocycles. The lowest BCUT2D eigenvalue weighted by Gasteiger charge is -2.32. The molecule has 0 radical (unpaired) electrons. The molecule has 0 aromatic heterocycles. The summed E-state index contributed by atoms with van der Waals surface area (Å²) in [5.41, 5.74) is 5.67. The smallest absolute Gasteiger partial charge is 0.278 e. The van der Waals surface area contributed by atoms with Gasteiger partial charge in [-0.1, -0.05) is 59.8 Å². The van der Waals surface area contributed by atoms with Crippen LogP contribution in [0.3, 0.4) is 0 Å². The molecule has 9 heteroatoms. The van der Waals surface area contributed by atoms with Crippen LogP contribution in [0.1, 0.15) is 11.1 Å². The Hall–Kier alpha value is -2.83. The van der Waals surface area contributed by atoms with Crippen molar-refractivity contribution >= 4 is 41.7 Å². The Bertz CT molecular complexity index is 1090. The van der Waals surface area contributed by atoms with E-state index in [1.807, 2.05) is 73.6 Å². The Morgan fingerprint density at radius 2 is 1.74 bits per heavy atom. The molecule has 1 atom stereocenters. The SMILES string of the molecule is Cc1ccc(CC2SC(=C(C#N)C(=O)NN3CCN(C)CC3)N(c3ccccc3)C2=O)cc1.Cl. The molecule has 2 saturated heterocycles. The van der Waals surface area contributed by atoms with Crippen LogP contribution in [0.2, 0.25) is 0 Å². The number of likely N-dealkylation sites (N-methyl/N-ethyl adjacent to an activating group) is 1. The summed E-state index contributed by atoms with van der Waals surface area (Å²) in [6.07, 6.45) is 0.523. The maximum Gasteiger partial charge on any atom is 0.278 e. The highest BCUT2D eigenvalue weighted by Crippen LogP contribution is 2.41. The van der Waals surface area contributed by atoms with Gasteiger partial charge in [-0.3, -0.25) is 19.9 Å². The maximum atomic E-state index is 13.5. The number of carbonyl (C=O) groups is 2. The van der Waals surface area contributed by atoms with E-state index in [1.165, 1.54) is 16.7 Å². The summed E-state index contributed by atoms with van der Waals surface area (Å²) in [7, 11) is 2.04. The van der Waals surface area contributed by atoms with E-state index in [9.17, 15) is 14.9 Å². The van der Waals surface area contributed by atoms with E-state index in [0.717, 1.165) is 24.2 Å². The third-order valence-electron chi connectivity index (χ3n) is 5.82. The Balaban J connectivity index is 0.00000324. The maximum absolute atomic E-state index is 13.5. The molecule has 0 bridgehead atoms. The minimum absolute atomic E-state index is 0. The van der Waals surface area contributed by atoms with Crippen molar-refractivity contribution < 1.29 is 9.59 Å². The van der Waals surface area contributed by atoms with Crippen molar-refractivity contribution in [3.05, 3.63) is 76.3 Å². The Labute approximate surface area is 210 Å². The molecule has 34 heavy (non-hydrogen) atoms. The fourth-order valence-electron chi connectivity index (χ4n) is 3.85. The second-order valence-electron chi connectivity index (χ2n) is 8.33. The van der Waals surface area contributed by atoms with Crippen molar-refractivity contribution in [1.29, 1.82) is 5.26 Å². The molecular weight excluding hydrogens is 470 g/mol. The highest BCUT2D eigenvalue weighted by atomic mass is 35.5. The van der Waals surface area contributed by atoms with Crippen molar-refractivity contribution in [1.82, 2.24) is 15.3 Å². The van der Waals surface area contributed by atoms with Crippen molar-refractivity contribution in [3.8, 4) is 6.07 Å². The second kappa shape index (κ2) is 11.5. The molecule has 2 aromatic carbocycles. The molecule has 0 aliphatic carbocycles. The van der Waals surface area contributed by atoms with Gasteiger partial charge in [0.1, 0.15) is 16.7 Å². The number of nitrogens with one attached hydrogen (secondary N) is 1. The number of anilines is 1. The third kappa shape index (κ3) is 5.80. The number of benzene rings is 2. The van der Waals surface area contributed by atoms with E-state index < -0.39 is 11.2 Å².